The highest BCUT2D eigenvalue weighted by atomic mass is 16.5. The topological polar surface area (TPSA) is 46.5 Å². The molecule has 0 rings (SSSR count). The summed E-state index contributed by atoms with van der Waals surface area (Å²) in [4.78, 5) is 10.9. The van der Waals surface area contributed by atoms with Crippen LogP contribution in [0.25, 0.3) is 0 Å². The molecule has 3 nitrogen and oxygen atoms in total. The Balaban J connectivity index is 3.20. The van der Waals surface area contributed by atoms with Crippen molar-refractivity contribution in [3.63, 3.8) is 0 Å². The molecule has 0 bridgehead atoms. The number of rotatable bonds is 12. The van der Waals surface area contributed by atoms with Crippen molar-refractivity contribution in [1.82, 2.24) is 0 Å². The highest BCUT2D eigenvalue weighted by molar-refractivity contribution is 5.69. The molecule has 0 aromatic heterocycles. The average Bonchev–Trinajstić information content (AvgIpc) is 2.36. The van der Waals surface area contributed by atoms with Crippen molar-refractivity contribution in [2.24, 2.45) is 5.92 Å². The summed E-state index contributed by atoms with van der Waals surface area (Å²) in [7, 11) is 1.36. The molecule has 0 aromatic rings. The molecule has 1 atom stereocenters. The first-order valence-corrected chi connectivity index (χ1v) is 7.81. The van der Waals surface area contributed by atoms with Crippen LogP contribution in [0.5, 0.6) is 0 Å². The molecule has 0 aromatic carbocycles. The molecule has 0 aliphatic carbocycles. The first kappa shape index (κ1) is 18.4. The standard InChI is InChI=1S/C16H32O3/c1-14(2)11-9-7-5-4-6-8-10-12-15(17)13-16(18)19-3/h14-15,17H,4-13H2,1-3H3. The third-order valence-corrected chi connectivity index (χ3v) is 3.45. The number of hydrogen-bond donors (Lipinski definition) is 1. The fourth-order valence-corrected chi connectivity index (χ4v) is 2.19. The van der Waals surface area contributed by atoms with E-state index in [1.165, 1.54) is 45.6 Å². The Hall–Kier alpha value is -0.570. The van der Waals surface area contributed by atoms with Gasteiger partial charge in [-0.05, 0) is 12.3 Å². The molecule has 0 saturated carbocycles. The quantitative estimate of drug-likeness (QED) is 0.430. The number of esters is 1. The third kappa shape index (κ3) is 13.7. The fourth-order valence-electron chi connectivity index (χ4n) is 2.19. The van der Waals surface area contributed by atoms with E-state index in [0.29, 0.717) is 6.42 Å². The van der Waals surface area contributed by atoms with Crippen LogP contribution in [0.3, 0.4) is 0 Å². The lowest BCUT2D eigenvalue weighted by Gasteiger charge is -2.08. The highest BCUT2D eigenvalue weighted by Gasteiger charge is 2.09. The number of hydrogen-bond acceptors (Lipinski definition) is 3. The second kappa shape index (κ2) is 12.5. The van der Waals surface area contributed by atoms with Crippen LogP contribution < -0.4 is 0 Å². The van der Waals surface area contributed by atoms with E-state index in [2.05, 4.69) is 18.6 Å². The SMILES string of the molecule is COC(=O)CC(O)CCCCCCCCCC(C)C. The van der Waals surface area contributed by atoms with Gasteiger partial charge in [0.2, 0.25) is 0 Å². The maximum absolute atomic E-state index is 10.9. The molecule has 0 radical (unpaired) electrons. The van der Waals surface area contributed by atoms with E-state index in [1.807, 2.05) is 0 Å². The molecule has 0 aliphatic rings. The van der Waals surface area contributed by atoms with Gasteiger partial charge in [-0.2, -0.15) is 0 Å². The van der Waals surface area contributed by atoms with Crippen LogP contribution in [-0.2, 0) is 9.53 Å². The van der Waals surface area contributed by atoms with E-state index in [1.54, 1.807) is 0 Å². The van der Waals surface area contributed by atoms with Crippen LogP contribution >= 0.6 is 0 Å². The third-order valence-electron chi connectivity index (χ3n) is 3.45. The Morgan fingerprint density at radius 2 is 1.42 bits per heavy atom. The lowest BCUT2D eigenvalue weighted by molar-refractivity contribution is -0.142. The van der Waals surface area contributed by atoms with Crippen molar-refractivity contribution in [2.75, 3.05) is 7.11 Å². The van der Waals surface area contributed by atoms with E-state index in [4.69, 9.17) is 0 Å². The summed E-state index contributed by atoms with van der Waals surface area (Å²) < 4.78 is 4.52. The van der Waals surface area contributed by atoms with E-state index in [0.717, 1.165) is 18.8 Å². The number of carbonyl (C=O) groups is 1. The van der Waals surface area contributed by atoms with E-state index >= 15 is 0 Å². The molecule has 1 unspecified atom stereocenters. The predicted octanol–water partition coefficient (Wildman–Crippen LogP) is 4.08. The van der Waals surface area contributed by atoms with Crippen LogP contribution in [0.2, 0.25) is 0 Å². The summed E-state index contributed by atoms with van der Waals surface area (Å²) in [6.07, 6.45) is 10.4. The Kier molecular flexibility index (Phi) is 12.1. The zero-order valence-electron chi connectivity index (χ0n) is 13.0. The normalized spacial score (nSPS) is 12.7. The van der Waals surface area contributed by atoms with E-state index in [-0.39, 0.29) is 12.4 Å². The molecule has 0 heterocycles. The summed E-state index contributed by atoms with van der Waals surface area (Å²) in [5, 5.41) is 9.57. The highest BCUT2D eigenvalue weighted by Crippen LogP contribution is 2.13. The number of aliphatic hydroxyl groups is 1. The maximum atomic E-state index is 10.9. The second-order valence-electron chi connectivity index (χ2n) is 5.88. The van der Waals surface area contributed by atoms with Crippen molar-refractivity contribution in [3.05, 3.63) is 0 Å². The van der Waals surface area contributed by atoms with Gasteiger partial charge in [-0.15, -0.1) is 0 Å². The van der Waals surface area contributed by atoms with Crippen molar-refractivity contribution >= 4 is 5.97 Å². The summed E-state index contributed by atoms with van der Waals surface area (Å²) in [6.45, 7) is 4.55. The largest absolute Gasteiger partial charge is 0.469 e. The Morgan fingerprint density at radius 3 is 1.89 bits per heavy atom. The lowest BCUT2D eigenvalue weighted by atomic mass is 10.0. The average molecular weight is 272 g/mol. The van der Waals surface area contributed by atoms with Gasteiger partial charge < -0.3 is 9.84 Å². The number of unbranched alkanes of at least 4 members (excludes halogenated alkanes) is 6. The van der Waals surface area contributed by atoms with Gasteiger partial charge in [0.15, 0.2) is 0 Å². The van der Waals surface area contributed by atoms with Crippen LogP contribution in [0.4, 0.5) is 0 Å². The van der Waals surface area contributed by atoms with Gasteiger partial charge in [0.05, 0.1) is 19.6 Å². The summed E-state index contributed by atoms with van der Waals surface area (Å²) in [6, 6.07) is 0. The van der Waals surface area contributed by atoms with Crippen molar-refractivity contribution < 1.29 is 14.6 Å². The van der Waals surface area contributed by atoms with Crippen LogP contribution in [0.15, 0.2) is 0 Å². The van der Waals surface area contributed by atoms with Crippen molar-refractivity contribution in [2.45, 2.75) is 84.2 Å². The Morgan fingerprint density at radius 1 is 0.947 bits per heavy atom. The molecular weight excluding hydrogens is 240 g/mol. The number of carbonyl (C=O) groups excluding carboxylic acids is 1. The van der Waals surface area contributed by atoms with Gasteiger partial charge in [-0.25, -0.2) is 0 Å². The van der Waals surface area contributed by atoms with Crippen LogP contribution in [-0.4, -0.2) is 24.3 Å². The van der Waals surface area contributed by atoms with Gasteiger partial charge in [0.1, 0.15) is 0 Å². The fraction of sp³-hybridized carbons (Fsp3) is 0.938. The molecular formula is C16H32O3. The molecule has 19 heavy (non-hydrogen) atoms. The Labute approximate surface area is 118 Å². The number of ether oxygens (including phenoxy) is 1. The molecule has 0 spiro atoms. The minimum Gasteiger partial charge on any atom is -0.469 e. The summed E-state index contributed by atoms with van der Waals surface area (Å²) >= 11 is 0. The van der Waals surface area contributed by atoms with Gasteiger partial charge in [0.25, 0.3) is 0 Å². The molecule has 0 fully saturated rings. The zero-order valence-corrected chi connectivity index (χ0v) is 13.0. The van der Waals surface area contributed by atoms with Gasteiger partial charge >= 0.3 is 5.97 Å². The minimum atomic E-state index is -0.529. The molecule has 0 saturated heterocycles. The molecule has 3 heteroatoms. The second-order valence-corrected chi connectivity index (χ2v) is 5.88. The molecule has 114 valence electrons. The molecule has 1 N–H and O–H groups in total. The predicted molar refractivity (Wildman–Crippen MR) is 79.0 cm³/mol. The minimum absolute atomic E-state index is 0.131. The van der Waals surface area contributed by atoms with E-state index < -0.39 is 6.10 Å². The number of methoxy groups -OCH3 is 1. The zero-order chi connectivity index (χ0) is 14.5. The first-order valence-electron chi connectivity index (χ1n) is 7.81. The number of aliphatic hydroxyl groups excluding tert-OH is 1. The smallest absolute Gasteiger partial charge is 0.308 e. The van der Waals surface area contributed by atoms with E-state index in [9.17, 15) is 9.90 Å². The van der Waals surface area contributed by atoms with Gasteiger partial charge in [0, 0.05) is 0 Å². The van der Waals surface area contributed by atoms with Gasteiger partial charge in [-0.1, -0.05) is 65.2 Å². The maximum Gasteiger partial charge on any atom is 0.308 e. The monoisotopic (exact) mass is 272 g/mol. The Bertz CT molecular complexity index is 214. The molecule has 0 amide bonds. The van der Waals surface area contributed by atoms with Crippen molar-refractivity contribution in [1.29, 1.82) is 0 Å². The first-order chi connectivity index (χ1) is 9.06. The summed E-state index contributed by atoms with van der Waals surface area (Å²) in [5.41, 5.74) is 0. The van der Waals surface area contributed by atoms with Crippen molar-refractivity contribution in [3.8, 4) is 0 Å². The van der Waals surface area contributed by atoms with Gasteiger partial charge in [-0.3, -0.25) is 4.79 Å². The van der Waals surface area contributed by atoms with Crippen LogP contribution in [0.1, 0.15) is 78.1 Å². The van der Waals surface area contributed by atoms with Crippen LogP contribution in [0, 0.1) is 5.92 Å². The summed E-state index contributed by atoms with van der Waals surface area (Å²) in [5.74, 6) is 0.508. The molecule has 0 aliphatic heterocycles. The lowest BCUT2D eigenvalue weighted by Crippen LogP contribution is -2.14.